The summed E-state index contributed by atoms with van der Waals surface area (Å²) in [6.45, 7) is 4.91. The number of anilines is 2. The van der Waals surface area contributed by atoms with Gasteiger partial charge < -0.3 is 11.1 Å². The van der Waals surface area contributed by atoms with E-state index in [9.17, 15) is 4.79 Å². The summed E-state index contributed by atoms with van der Waals surface area (Å²) in [6, 6.07) is 10.1. The molecule has 0 amide bonds. The van der Waals surface area contributed by atoms with Crippen LogP contribution in [0.2, 0.25) is 0 Å². The summed E-state index contributed by atoms with van der Waals surface area (Å²) in [5.41, 5.74) is 8.83. The number of benzene rings is 1. The molecule has 0 radical (unpaired) electrons. The van der Waals surface area contributed by atoms with Crippen LogP contribution < -0.4 is 16.6 Å². The number of fused-ring (bicyclic) bond motifs is 1. The Bertz CT molecular complexity index is 884. The van der Waals surface area contributed by atoms with Crippen molar-refractivity contribution in [2.24, 2.45) is 0 Å². The lowest BCUT2D eigenvalue weighted by Crippen LogP contribution is -2.12. The zero-order chi connectivity index (χ0) is 16.4. The number of aromatic nitrogens is 3. The van der Waals surface area contributed by atoms with Gasteiger partial charge in [0, 0.05) is 18.4 Å². The van der Waals surface area contributed by atoms with E-state index in [4.69, 9.17) is 5.73 Å². The number of hydrogen-bond donors (Lipinski definition) is 3. The Hall–Kier alpha value is -2.89. The number of nitrogens with one attached hydrogen (secondary N) is 2. The van der Waals surface area contributed by atoms with Gasteiger partial charge in [-0.3, -0.25) is 9.78 Å². The Morgan fingerprint density at radius 3 is 2.70 bits per heavy atom. The number of pyridine rings is 1. The predicted molar refractivity (Wildman–Crippen MR) is 92.4 cm³/mol. The minimum absolute atomic E-state index is 0.0751. The zero-order valence-electron chi connectivity index (χ0n) is 13.1. The summed E-state index contributed by atoms with van der Waals surface area (Å²) in [5, 5.41) is 3.76. The summed E-state index contributed by atoms with van der Waals surface area (Å²) in [5.74, 6) is 0.589. The largest absolute Gasteiger partial charge is 0.381 e. The van der Waals surface area contributed by atoms with Crippen LogP contribution in [0.5, 0.6) is 0 Å². The minimum atomic E-state index is -0.275. The fourth-order valence-corrected chi connectivity index (χ4v) is 2.37. The summed E-state index contributed by atoms with van der Waals surface area (Å²) >= 11 is 0. The Labute approximate surface area is 133 Å². The Balaban J connectivity index is 1.78. The summed E-state index contributed by atoms with van der Waals surface area (Å²) < 4.78 is 0. The van der Waals surface area contributed by atoms with Crippen LogP contribution in [0.1, 0.15) is 30.9 Å². The van der Waals surface area contributed by atoms with E-state index in [1.165, 1.54) is 5.56 Å². The average Bonchev–Trinajstić information content (AvgIpc) is 2.53. The molecule has 2 aromatic heterocycles. The van der Waals surface area contributed by atoms with Gasteiger partial charge in [-0.15, -0.1) is 0 Å². The van der Waals surface area contributed by atoms with Gasteiger partial charge in [-0.25, -0.2) is 4.98 Å². The smallest absolute Gasteiger partial charge is 0.261 e. The van der Waals surface area contributed by atoms with E-state index in [-0.39, 0.29) is 11.5 Å². The molecule has 0 atom stereocenters. The highest BCUT2D eigenvalue weighted by Crippen LogP contribution is 2.18. The third-order valence-electron chi connectivity index (χ3n) is 3.71. The molecule has 0 bridgehead atoms. The first kappa shape index (κ1) is 15.0. The topological polar surface area (TPSA) is 96.7 Å². The maximum Gasteiger partial charge on any atom is 0.261 e. The zero-order valence-corrected chi connectivity index (χ0v) is 13.1. The van der Waals surface area contributed by atoms with Crippen LogP contribution in [0.3, 0.4) is 0 Å². The molecular weight excluding hydrogens is 290 g/mol. The van der Waals surface area contributed by atoms with Gasteiger partial charge in [0.25, 0.3) is 5.56 Å². The van der Waals surface area contributed by atoms with Gasteiger partial charge in [0.1, 0.15) is 0 Å². The third-order valence-corrected chi connectivity index (χ3v) is 3.71. The van der Waals surface area contributed by atoms with Crippen molar-refractivity contribution < 1.29 is 0 Å². The van der Waals surface area contributed by atoms with Crippen LogP contribution in [0, 0.1) is 0 Å². The van der Waals surface area contributed by atoms with Crippen LogP contribution in [0.4, 0.5) is 11.6 Å². The number of nitrogens with two attached hydrogens (primary N) is 1. The number of H-pyrrole nitrogens is 1. The van der Waals surface area contributed by atoms with Crippen molar-refractivity contribution in [1.82, 2.24) is 15.0 Å². The lowest BCUT2D eigenvalue weighted by Gasteiger charge is -2.09. The second-order valence-corrected chi connectivity index (χ2v) is 5.80. The number of rotatable bonds is 4. The molecule has 0 spiro atoms. The van der Waals surface area contributed by atoms with Gasteiger partial charge in [-0.2, -0.15) is 4.98 Å². The molecule has 0 saturated heterocycles. The molecule has 6 heteroatoms. The first-order chi connectivity index (χ1) is 11.0. The Morgan fingerprint density at radius 1 is 1.26 bits per heavy atom. The van der Waals surface area contributed by atoms with Crippen LogP contribution in [0.15, 0.2) is 41.3 Å². The van der Waals surface area contributed by atoms with Crippen molar-refractivity contribution in [1.29, 1.82) is 0 Å². The molecule has 23 heavy (non-hydrogen) atoms. The van der Waals surface area contributed by atoms with Crippen LogP contribution >= 0.6 is 0 Å². The summed E-state index contributed by atoms with van der Waals surface area (Å²) in [4.78, 5) is 22.6. The normalized spacial score (nSPS) is 11.1. The van der Waals surface area contributed by atoms with Gasteiger partial charge in [0.05, 0.1) is 5.39 Å². The van der Waals surface area contributed by atoms with Crippen molar-refractivity contribution in [2.75, 3.05) is 11.1 Å². The first-order valence-corrected chi connectivity index (χ1v) is 7.51. The molecule has 0 aliphatic carbocycles. The van der Waals surface area contributed by atoms with E-state index < -0.39 is 0 Å². The van der Waals surface area contributed by atoms with Crippen molar-refractivity contribution in [2.45, 2.75) is 26.3 Å². The number of aromatic amines is 1. The second kappa shape index (κ2) is 6.08. The third kappa shape index (κ3) is 3.31. The fraction of sp³-hybridized carbons (Fsp3) is 0.235. The molecule has 0 aliphatic rings. The highest BCUT2D eigenvalue weighted by atomic mass is 16.1. The van der Waals surface area contributed by atoms with E-state index in [2.05, 4.69) is 58.4 Å². The summed E-state index contributed by atoms with van der Waals surface area (Å²) in [7, 11) is 0. The van der Waals surface area contributed by atoms with E-state index in [1.807, 2.05) is 0 Å². The van der Waals surface area contributed by atoms with Gasteiger partial charge in [-0.1, -0.05) is 26.0 Å². The van der Waals surface area contributed by atoms with Crippen LogP contribution in [-0.4, -0.2) is 15.0 Å². The molecule has 1 aromatic carbocycles. The van der Waals surface area contributed by atoms with Crippen molar-refractivity contribution in [3.8, 4) is 0 Å². The maximum absolute atomic E-state index is 11.9. The molecule has 0 saturated carbocycles. The van der Waals surface area contributed by atoms with Crippen molar-refractivity contribution in [3.63, 3.8) is 0 Å². The first-order valence-electron chi connectivity index (χ1n) is 7.51. The molecule has 6 nitrogen and oxygen atoms in total. The van der Waals surface area contributed by atoms with E-state index in [0.717, 1.165) is 11.3 Å². The average molecular weight is 309 g/mol. The van der Waals surface area contributed by atoms with E-state index in [0.29, 0.717) is 23.5 Å². The highest BCUT2D eigenvalue weighted by Gasteiger charge is 2.05. The molecule has 0 aliphatic heterocycles. The molecule has 3 aromatic rings. The standard InChI is InChI=1S/C17H19N5O/c1-10(2)12-3-5-13(6-4-12)19-8-11-7-14-15(20-9-11)21-17(18)22-16(14)23/h3-7,9-10,19H,8H2,1-2H3,(H3,18,20,21,22,23). The monoisotopic (exact) mass is 309 g/mol. The molecular formula is C17H19N5O. The quantitative estimate of drug-likeness (QED) is 0.688. The lowest BCUT2D eigenvalue weighted by atomic mass is 10.0. The molecule has 0 fully saturated rings. The second-order valence-electron chi connectivity index (χ2n) is 5.80. The summed E-state index contributed by atoms with van der Waals surface area (Å²) in [6.07, 6.45) is 1.70. The number of hydrogen-bond acceptors (Lipinski definition) is 5. The number of nitrogen functional groups attached to an aromatic ring is 1. The Morgan fingerprint density at radius 2 is 2.00 bits per heavy atom. The van der Waals surface area contributed by atoms with Gasteiger partial charge in [0.15, 0.2) is 5.65 Å². The maximum atomic E-state index is 11.9. The van der Waals surface area contributed by atoms with Gasteiger partial charge in [-0.05, 0) is 35.2 Å². The molecule has 0 unspecified atom stereocenters. The van der Waals surface area contributed by atoms with E-state index in [1.54, 1.807) is 12.3 Å². The lowest BCUT2D eigenvalue weighted by molar-refractivity contribution is 0.867. The number of nitrogens with zero attached hydrogens (tertiary/aromatic N) is 2. The molecule has 3 rings (SSSR count). The highest BCUT2D eigenvalue weighted by molar-refractivity contribution is 5.74. The van der Waals surface area contributed by atoms with Crippen molar-refractivity contribution in [3.05, 3.63) is 58.0 Å². The van der Waals surface area contributed by atoms with Crippen molar-refractivity contribution >= 4 is 22.7 Å². The Kier molecular flexibility index (Phi) is 3.97. The van der Waals surface area contributed by atoms with Gasteiger partial charge >= 0.3 is 0 Å². The fourth-order valence-electron chi connectivity index (χ4n) is 2.37. The predicted octanol–water partition coefficient (Wildman–Crippen LogP) is 2.64. The SMILES string of the molecule is CC(C)c1ccc(NCc2cnc3nc(N)[nH]c(=O)c3c2)cc1. The van der Waals surface area contributed by atoms with Crippen LogP contribution in [-0.2, 0) is 6.54 Å². The van der Waals surface area contributed by atoms with E-state index >= 15 is 0 Å². The molecule has 2 heterocycles. The van der Waals surface area contributed by atoms with Crippen LogP contribution in [0.25, 0.3) is 11.0 Å². The van der Waals surface area contributed by atoms with Gasteiger partial charge in [0.2, 0.25) is 5.95 Å². The molecule has 118 valence electrons. The minimum Gasteiger partial charge on any atom is -0.381 e. The molecule has 4 N–H and O–H groups in total.